The van der Waals surface area contributed by atoms with E-state index in [2.05, 4.69) is 0 Å². The van der Waals surface area contributed by atoms with Crippen LogP contribution in [0.5, 0.6) is 0 Å². The Morgan fingerprint density at radius 3 is 2.14 bits per heavy atom. The summed E-state index contributed by atoms with van der Waals surface area (Å²) in [4.78, 5) is 0. The maximum atomic E-state index is 9.59. The van der Waals surface area contributed by atoms with E-state index in [1.807, 2.05) is 0 Å². The first-order valence-corrected chi connectivity index (χ1v) is 2.88. The van der Waals surface area contributed by atoms with Crippen molar-refractivity contribution in [3.05, 3.63) is 0 Å². The molecular weight excluding hydrogens is 116 g/mol. The Bertz CT molecular complexity index is 145. The van der Waals surface area contributed by atoms with Crippen LogP contribution < -0.4 is 0 Å². The van der Waals surface area contributed by atoms with Gasteiger partial charge in [0, 0.05) is 0 Å². The average molecular weight is 122 g/mol. The molecule has 1 atom stereocenters. The third-order valence-corrected chi connectivity index (χ3v) is 0.924. The van der Waals surface area contributed by atoms with Gasteiger partial charge >= 0.3 is 0 Å². The minimum Gasteiger partial charge on any atom is -0.388 e. The fourth-order valence-corrected chi connectivity index (χ4v) is 0.482. The first kappa shape index (κ1) is 6.65. The van der Waals surface area contributed by atoms with Gasteiger partial charge in [-0.25, -0.2) is 0 Å². The third kappa shape index (κ3) is 5.65. The smallest absolute Gasteiger partial charge is 0.212 e. The molecular formula is C3H6O3S. The van der Waals surface area contributed by atoms with Crippen LogP contribution in [0.3, 0.4) is 0 Å². The molecule has 4 heteroatoms. The van der Waals surface area contributed by atoms with Crippen LogP contribution in [0.4, 0.5) is 0 Å². The van der Waals surface area contributed by atoms with Crippen LogP contribution >= 0.6 is 0 Å². The van der Waals surface area contributed by atoms with Crippen molar-refractivity contribution in [3.8, 4) is 0 Å². The van der Waals surface area contributed by atoms with E-state index in [4.69, 9.17) is 5.11 Å². The van der Waals surface area contributed by atoms with E-state index in [1.165, 1.54) is 6.92 Å². The Kier molecular flexibility index (Phi) is 2.62. The lowest BCUT2D eigenvalue weighted by Gasteiger charge is -1.82. The molecule has 0 aromatic heterocycles. The monoisotopic (exact) mass is 122 g/mol. The predicted octanol–water partition coefficient (Wildman–Crippen LogP) is -0.952. The van der Waals surface area contributed by atoms with Gasteiger partial charge in [-0.05, 0) is 6.92 Å². The third-order valence-electron chi connectivity index (χ3n) is 0.308. The van der Waals surface area contributed by atoms with Crippen LogP contribution in [-0.2, 0) is 10.3 Å². The van der Waals surface area contributed by atoms with Gasteiger partial charge in [0.15, 0.2) is 0 Å². The van der Waals surface area contributed by atoms with Crippen LogP contribution in [0.15, 0.2) is 0 Å². The molecule has 0 radical (unpaired) electrons. The topological polar surface area (TPSA) is 54.4 Å². The highest BCUT2D eigenvalue weighted by Gasteiger charge is 1.83. The number of aliphatic hydroxyl groups is 1. The lowest BCUT2D eigenvalue weighted by atomic mass is 10.5. The van der Waals surface area contributed by atoms with Crippen LogP contribution in [0.25, 0.3) is 0 Å². The summed E-state index contributed by atoms with van der Waals surface area (Å²) in [6.45, 7) is 1.37. The molecule has 7 heavy (non-hydrogen) atoms. The fraction of sp³-hybridized carbons (Fsp3) is 0.667. The number of rotatable bonds is 1. The molecule has 0 aromatic rings. The lowest BCUT2D eigenvalue weighted by Crippen LogP contribution is -1.99. The second kappa shape index (κ2) is 2.76. The molecule has 0 aliphatic carbocycles. The summed E-state index contributed by atoms with van der Waals surface area (Å²) in [5.74, 6) is 0. The van der Waals surface area contributed by atoms with E-state index in [0.29, 0.717) is 0 Å². The molecule has 0 bridgehead atoms. The van der Waals surface area contributed by atoms with Gasteiger partial charge in [0.25, 0.3) is 0 Å². The molecule has 1 N–H and O–H groups in total. The zero-order chi connectivity index (χ0) is 5.86. The summed E-state index contributed by atoms with van der Waals surface area (Å²) in [7, 11) is -2.22. The van der Waals surface area contributed by atoms with Gasteiger partial charge in [0.05, 0.1) is 11.5 Å². The molecule has 0 saturated carbocycles. The maximum Gasteiger partial charge on any atom is 0.212 e. The summed E-state index contributed by atoms with van der Waals surface area (Å²) in [6.07, 6.45) is -0.863. The first-order chi connectivity index (χ1) is 3.13. The van der Waals surface area contributed by atoms with Gasteiger partial charge < -0.3 is 5.11 Å². The van der Waals surface area contributed by atoms with Crippen molar-refractivity contribution in [2.75, 3.05) is 0 Å². The van der Waals surface area contributed by atoms with Crippen molar-refractivity contribution in [3.63, 3.8) is 0 Å². The zero-order valence-electron chi connectivity index (χ0n) is 3.83. The van der Waals surface area contributed by atoms with Crippen LogP contribution in [0.2, 0.25) is 0 Å². The number of hydrogen-bond donors (Lipinski definition) is 1. The zero-order valence-corrected chi connectivity index (χ0v) is 4.64. The van der Waals surface area contributed by atoms with Crippen LogP contribution in [0, 0.1) is 0 Å². The normalized spacial score (nSPS) is 12.9. The average Bonchev–Trinajstić information content (AvgIpc) is 1.27. The summed E-state index contributed by atoms with van der Waals surface area (Å²) in [5, 5.41) is 9.08. The summed E-state index contributed by atoms with van der Waals surface area (Å²) < 4.78 is 19.2. The van der Waals surface area contributed by atoms with Gasteiger partial charge in [-0.15, -0.1) is 0 Å². The van der Waals surface area contributed by atoms with E-state index in [0.717, 1.165) is 5.37 Å². The summed E-state index contributed by atoms with van der Waals surface area (Å²) in [5.41, 5.74) is 0. The van der Waals surface area contributed by atoms with Crippen LogP contribution in [-0.4, -0.2) is 25.0 Å². The lowest BCUT2D eigenvalue weighted by molar-refractivity contribution is 0.269. The van der Waals surface area contributed by atoms with E-state index in [9.17, 15) is 8.42 Å². The highest BCUT2D eigenvalue weighted by Crippen LogP contribution is 1.65. The van der Waals surface area contributed by atoms with Gasteiger partial charge in [0.1, 0.15) is 0 Å². The number of aliphatic hydroxyl groups excluding tert-OH is 1. The first-order valence-electron chi connectivity index (χ1n) is 1.74. The quantitative estimate of drug-likeness (QED) is 0.456. The largest absolute Gasteiger partial charge is 0.388 e. The SMILES string of the molecule is CC(O)C=S(=O)=O. The highest BCUT2D eigenvalue weighted by atomic mass is 32.2. The van der Waals surface area contributed by atoms with Gasteiger partial charge in [-0.3, -0.25) is 0 Å². The standard InChI is InChI=1S/C3H6O3S/c1-3(4)2-7(5)6/h2-4H,1H3. The predicted molar refractivity (Wildman–Crippen MR) is 26.7 cm³/mol. The maximum absolute atomic E-state index is 9.59. The van der Waals surface area contributed by atoms with E-state index < -0.39 is 16.4 Å². The molecule has 0 amide bonds. The molecule has 0 aliphatic rings. The molecule has 0 aliphatic heterocycles. The molecule has 1 unspecified atom stereocenters. The molecule has 0 aromatic carbocycles. The molecule has 42 valence electrons. The van der Waals surface area contributed by atoms with Gasteiger partial charge in [-0.2, -0.15) is 8.42 Å². The van der Waals surface area contributed by atoms with E-state index in [-0.39, 0.29) is 0 Å². The molecule has 3 nitrogen and oxygen atoms in total. The van der Waals surface area contributed by atoms with E-state index >= 15 is 0 Å². The van der Waals surface area contributed by atoms with Crippen molar-refractivity contribution >= 4 is 15.7 Å². The van der Waals surface area contributed by atoms with Gasteiger partial charge in [-0.1, -0.05) is 0 Å². The Balaban J connectivity index is 3.96. The molecule has 0 fully saturated rings. The fourth-order valence-electron chi connectivity index (χ4n) is 0.161. The van der Waals surface area contributed by atoms with Crippen molar-refractivity contribution in [1.29, 1.82) is 0 Å². The Morgan fingerprint density at radius 2 is 2.14 bits per heavy atom. The second-order valence-electron chi connectivity index (χ2n) is 1.14. The minimum atomic E-state index is -2.22. The molecule has 0 heterocycles. The van der Waals surface area contributed by atoms with Crippen molar-refractivity contribution < 1.29 is 13.5 Å². The number of hydrogen-bond acceptors (Lipinski definition) is 3. The second-order valence-corrected chi connectivity index (χ2v) is 1.93. The Hall–Kier alpha value is -0.350. The van der Waals surface area contributed by atoms with Gasteiger partial charge in [0.2, 0.25) is 10.3 Å². The van der Waals surface area contributed by atoms with Crippen molar-refractivity contribution in [2.45, 2.75) is 13.0 Å². The van der Waals surface area contributed by atoms with Crippen LogP contribution in [0.1, 0.15) is 6.92 Å². The minimum absolute atomic E-state index is 0.806. The molecule has 0 spiro atoms. The van der Waals surface area contributed by atoms with E-state index in [1.54, 1.807) is 0 Å². The van der Waals surface area contributed by atoms with Crippen molar-refractivity contribution in [2.24, 2.45) is 0 Å². The molecule has 0 rings (SSSR count). The summed E-state index contributed by atoms with van der Waals surface area (Å²) in [6, 6.07) is 0. The van der Waals surface area contributed by atoms with Crippen molar-refractivity contribution in [1.82, 2.24) is 0 Å². The Morgan fingerprint density at radius 1 is 1.71 bits per heavy atom. The molecule has 0 saturated heterocycles. The highest BCUT2D eigenvalue weighted by molar-refractivity contribution is 7.71. The summed E-state index contributed by atoms with van der Waals surface area (Å²) >= 11 is 0. The Labute approximate surface area is 43.1 Å².